The minimum Gasteiger partial charge on any atom is -0.342 e. The van der Waals surface area contributed by atoms with Gasteiger partial charge in [0.2, 0.25) is 5.91 Å². The normalized spacial score (nSPS) is 17.4. The number of amides is 2. The van der Waals surface area contributed by atoms with Gasteiger partial charge in [0.25, 0.3) is 5.91 Å². The SMILES string of the molecule is CC(C)N(C1=CC(N(c2ccccc2)C(C)C)=C2C(=O)N(c3ccccc3)C(=O)C2C1)c1ccccc1. The molecule has 1 aliphatic heterocycles. The predicted octanol–water partition coefficient (Wildman–Crippen LogP) is 6.55. The Morgan fingerprint density at radius 2 is 1.19 bits per heavy atom. The van der Waals surface area contributed by atoms with Crippen LogP contribution in [0, 0.1) is 5.92 Å². The third-order valence-corrected chi connectivity index (χ3v) is 6.98. The van der Waals surface area contributed by atoms with Gasteiger partial charge in [0, 0.05) is 35.6 Å². The fraction of sp³-hybridized carbons (Fsp3) is 0.250. The van der Waals surface area contributed by atoms with E-state index in [1.54, 1.807) is 0 Å². The monoisotopic (exact) mass is 491 g/mol. The number of hydrogen-bond donors (Lipinski definition) is 0. The minimum absolute atomic E-state index is 0.0686. The highest BCUT2D eigenvalue weighted by molar-refractivity contribution is 6.30. The fourth-order valence-electron chi connectivity index (χ4n) is 5.51. The summed E-state index contributed by atoms with van der Waals surface area (Å²) in [5.41, 5.74) is 5.07. The average Bonchev–Trinajstić information content (AvgIpc) is 3.15. The molecule has 3 aromatic carbocycles. The number of anilines is 3. The first-order chi connectivity index (χ1) is 17.9. The highest BCUT2D eigenvalue weighted by Crippen LogP contribution is 2.43. The molecule has 1 heterocycles. The predicted molar refractivity (Wildman–Crippen MR) is 150 cm³/mol. The topological polar surface area (TPSA) is 43.9 Å². The molecule has 0 saturated carbocycles. The van der Waals surface area contributed by atoms with Gasteiger partial charge in [-0.1, -0.05) is 54.6 Å². The van der Waals surface area contributed by atoms with Gasteiger partial charge >= 0.3 is 0 Å². The molecule has 5 heteroatoms. The number of hydrogen-bond acceptors (Lipinski definition) is 4. The van der Waals surface area contributed by atoms with Crippen molar-refractivity contribution in [2.75, 3.05) is 14.7 Å². The Morgan fingerprint density at radius 1 is 0.703 bits per heavy atom. The van der Waals surface area contributed by atoms with Gasteiger partial charge < -0.3 is 9.80 Å². The van der Waals surface area contributed by atoms with Crippen LogP contribution in [-0.2, 0) is 9.59 Å². The quantitative estimate of drug-likeness (QED) is 0.352. The number of fused-ring (bicyclic) bond motifs is 1. The fourth-order valence-corrected chi connectivity index (χ4v) is 5.51. The van der Waals surface area contributed by atoms with Gasteiger partial charge in [0.1, 0.15) is 0 Å². The average molecular weight is 492 g/mol. The Morgan fingerprint density at radius 3 is 1.70 bits per heavy atom. The van der Waals surface area contributed by atoms with E-state index < -0.39 is 5.92 Å². The van der Waals surface area contributed by atoms with Gasteiger partial charge in [-0.25, -0.2) is 4.90 Å². The second-order valence-corrected chi connectivity index (χ2v) is 10.1. The van der Waals surface area contributed by atoms with E-state index in [-0.39, 0.29) is 23.9 Å². The van der Waals surface area contributed by atoms with E-state index in [0.29, 0.717) is 17.7 Å². The van der Waals surface area contributed by atoms with Gasteiger partial charge in [-0.05, 0) is 70.2 Å². The molecule has 188 valence electrons. The molecule has 1 aliphatic carbocycles. The van der Waals surface area contributed by atoms with Gasteiger partial charge in [-0.3, -0.25) is 9.59 Å². The number of rotatable bonds is 7. The first-order valence-corrected chi connectivity index (χ1v) is 12.9. The summed E-state index contributed by atoms with van der Waals surface area (Å²) in [5.74, 6) is -0.940. The van der Waals surface area contributed by atoms with Crippen molar-refractivity contribution < 1.29 is 9.59 Å². The van der Waals surface area contributed by atoms with Gasteiger partial charge in [0.05, 0.1) is 22.9 Å². The molecule has 37 heavy (non-hydrogen) atoms. The largest absolute Gasteiger partial charge is 0.342 e. The van der Waals surface area contributed by atoms with Gasteiger partial charge in [0.15, 0.2) is 0 Å². The van der Waals surface area contributed by atoms with Crippen LogP contribution in [0.25, 0.3) is 0 Å². The van der Waals surface area contributed by atoms with Crippen LogP contribution in [0.1, 0.15) is 34.1 Å². The van der Waals surface area contributed by atoms with Crippen molar-refractivity contribution in [2.45, 2.75) is 46.2 Å². The van der Waals surface area contributed by atoms with Gasteiger partial charge in [-0.2, -0.15) is 0 Å². The maximum atomic E-state index is 14.0. The van der Waals surface area contributed by atoms with Crippen molar-refractivity contribution in [3.05, 3.63) is 114 Å². The summed E-state index contributed by atoms with van der Waals surface area (Å²) in [7, 11) is 0. The standard InChI is InChI=1S/C32H33N3O2/c1-22(2)33(24-14-8-5-9-15-24)27-20-28-30(32(37)35(31(28)36)26-18-12-7-13-19-26)29(21-27)34(23(3)4)25-16-10-6-11-17-25/h5-19,21-23,28H,20H2,1-4H3. The third-order valence-electron chi connectivity index (χ3n) is 6.98. The molecule has 1 atom stereocenters. The zero-order chi connectivity index (χ0) is 26.1. The Kier molecular flexibility index (Phi) is 6.70. The third kappa shape index (κ3) is 4.46. The molecule has 0 spiro atoms. The van der Waals surface area contributed by atoms with Crippen LogP contribution in [0.2, 0.25) is 0 Å². The van der Waals surface area contributed by atoms with Crippen molar-refractivity contribution in [1.82, 2.24) is 0 Å². The lowest BCUT2D eigenvalue weighted by molar-refractivity contribution is -0.122. The summed E-state index contributed by atoms with van der Waals surface area (Å²) >= 11 is 0. The van der Waals surface area contributed by atoms with E-state index in [4.69, 9.17) is 0 Å². The second-order valence-electron chi connectivity index (χ2n) is 10.1. The summed E-state index contributed by atoms with van der Waals surface area (Å²) in [6, 6.07) is 29.8. The number of carbonyl (C=O) groups is 2. The smallest absolute Gasteiger partial charge is 0.263 e. The first-order valence-electron chi connectivity index (χ1n) is 12.9. The molecule has 1 unspecified atom stereocenters. The van der Waals surface area contributed by atoms with E-state index in [9.17, 15) is 9.59 Å². The molecule has 0 bridgehead atoms. The summed E-state index contributed by atoms with van der Waals surface area (Å²) in [6.45, 7) is 8.54. The zero-order valence-electron chi connectivity index (χ0n) is 21.8. The number of allylic oxidation sites excluding steroid dienone is 2. The lowest BCUT2D eigenvalue weighted by atomic mass is 9.87. The lowest BCUT2D eigenvalue weighted by Gasteiger charge is -2.38. The maximum absolute atomic E-state index is 14.0. The maximum Gasteiger partial charge on any atom is 0.263 e. The minimum atomic E-state index is -0.544. The van der Waals surface area contributed by atoms with Crippen LogP contribution in [0.3, 0.4) is 0 Å². The molecule has 2 aliphatic rings. The van der Waals surface area contributed by atoms with Gasteiger partial charge in [-0.15, -0.1) is 0 Å². The molecule has 1 saturated heterocycles. The van der Waals surface area contributed by atoms with Crippen LogP contribution in [0.4, 0.5) is 17.1 Å². The van der Waals surface area contributed by atoms with E-state index in [2.05, 4.69) is 67.8 Å². The second kappa shape index (κ2) is 10.1. The van der Waals surface area contributed by atoms with Crippen molar-refractivity contribution in [3.8, 4) is 0 Å². The number of para-hydroxylation sites is 3. The summed E-state index contributed by atoms with van der Waals surface area (Å²) in [4.78, 5) is 33.7. The van der Waals surface area contributed by atoms with Crippen LogP contribution in [-0.4, -0.2) is 23.9 Å². The van der Waals surface area contributed by atoms with E-state index >= 15 is 0 Å². The van der Waals surface area contributed by atoms with E-state index in [1.165, 1.54) is 4.90 Å². The molecule has 3 aromatic rings. The Balaban J connectivity index is 1.71. The van der Waals surface area contributed by atoms with E-state index in [0.717, 1.165) is 22.8 Å². The molecular weight excluding hydrogens is 458 g/mol. The Hall–Kier alpha value is -4.12. The molecule has 0 N–H and O–H groups in total. The van der Waals surface area contributed by atoms with Crippen molar-refractivity contribution >= 4 is 28.9 Å². The number of nitrogens with zero attached hydrogens (tertiary/aromatic N) is 3. The number of benzene rings is 3. The van der Waals surface area contributed by atoms with Crippen LogP contribution < -0.4 is 14.7 Å². The van der Waals surface area contributed by atoms with Crippen molar-refractivity contribution in [2.24, 2.45) is 5.92 Å². The zero-order valence-corrected chi connectivity index (χ0v) is 21.8. The number of carbonyl (C=O) groups excluding carboxylic acids is 2. The Labute approximate surface area is 219 Å². The Bertz CT molecular complexity index is 1340. The molecule has 5 rings (SSSR count). The summed E-state index contributed by atoms with van der Waals surface area (Å²) in [6.07, 6.45) is 2.60. The molecule has 0 aromatic heterocycles. The van der Waals surface area contributed by atoms with Crippen LogP contribution in [0.5, 0.6) is 0 Å². The van der Waals surface area contributed by atoms with E-state index in [1.807, 2.05) is 66.7 Å². The molecule has 0 radical (unpaired) electrons. The molecular formula is C32H33N3O2. The highest BCUT2D eigenvalue weighted by Gasteiger charge is 2.49. The lowest BCUT2D eigenvalue weighted by Crippen LogP contribution is -2.37. The van der Waals surface area contributed by atoms with Crippen molar-refractivity contribution in [1.29, 1.82) is 0 Å². The van der Waals surface area contributed by atoms with Crippen LogP contribution in [0.15, 0.2) is 114 Å². The molecule has 2 amide bonds. The van der Waals surface area contributed by atoms with Crippen LogP contribution >= 0.6 is 0 Å². The number of imide groups is 1. The first kappa shape index (κ1) is 24.6. The summed E-state index contributed by atoms with van der Waals surface area (Å²) < 4.78 is 0. The summed E-state index contributed by atoms with van der Waals surface area (Å²) in [5, 5.41) is 0. The van der Waals surface area contributed by atoms with Crippen molar-refractivity contribution in [3.63, 3.8) is 0 Å². The molecule has 1 fully saturated rings. The molecule has 5 nitrogen and oxygen atoms in total. The highest BCUT2D eigenvalue weighted by atomic mass is 16.2.